The molecule has 0 aromatic heterocycles. The van der Waals surface area contributed by atoms with Crippen molar-refractivity contribution in [2.45, 2.75) is 13.3 Å². The quantitative estimate of drug-likeness (QED) is 0.325. The predicted octanol–water partition coefficient (Wildman–Crippen LogP) is 1.14. The van der Waals surface area contributed by atoms with E-state index in [0.29, 0.717) is 0 Å². The third-order valence-electron chi connectivity index (χ3n) is 0.960. The summed E-state index contributed by atoms with van der Waals surface area (Å²) in [7, 11) is 0. The van der Waals surface area contributed by atoms with Crippen molar-refractivity contribution in [1.29, 1.82) is 0 Å². The van der Waals surface area contributed by atoms with E-state index in [-0.39, 0.29) is 11.0 Å². The van der Waals surface area contributed by atoms with Crippen LogP contribution in [0.4, 0.5) is 0 Å². The minimum atomic E-state index is -0.494. The zero-order valence-corrected chi connectivity index (χ0v) is 6.23. The molecule has 0 aromatic rings. The van der Waals surface area contributed by atoms with Gasteiger partial charge in [0, 0.05) is 12.2 Å². The Morgan fingerprint density at radius 1 is 1.60 bits per heavy atom. The molecule has 0 atom stereocenters. The van der Waals surface area contributed by atoms with Crippen molar-refractivity contribution in [2.24, 2.45) is 0 Å². The summed E-state index contributed by atoms with van der Waals surface area (Å²) in [5.41, 5.74) is 0. The molecule has 3 nitrogen and oxygen atoms in total. The van der Waals surface area contributed by atoms with Gasteiger partial charge in [0.05, 0.1) is 0 Å². The Kier molecular flexibility index (Phi) is 2.01. The van der Waals surface area contributed by atoms with Gasteiger partial charge in [-0.15, -0.1) is 0 Å². The van der Waals surface area contributed by atoms with Crippen LogP contribution in [0.15, 0.2) is 11.8 Å². The van der Waals surface area contributed by atoms with Crippen LogP contribution in [0.2, 0.25) is 0 Å². The van der Waals surface area contributed by atoms with Crippen LogP contribution in [0, 0.1) is 0 Å². The van der Waals surface area contributed by atoms with E-state index in [4.69, 9.17) is 4.74 Å². The van der Waals surface area contributed by atoms with Gasteiger partial charge in [-0.25, -0.2) is 4.79 Å². The first-order chi connectivity index (χ1) is 4.74. The molecule has 0 N–H and O–H groups in total. The molecule has 0 spiro atoms. The highest BCUT2D eigenvalue weighted by Gasteiger charge is 2.25. The first-order valence-corrected chi connectivity index (χ1v) is 3.29. The fourth-order valence-corrected chi connectivity index (χ4v) is 0.754. The molecule has 0 aliphatic carbocycles. The van der Waals surface area contributed by atoms with E-state index < -0.39 is 5.97 Å². The van der Waals surface area contributed by atoms with Crippen molar-refractivity contribution < 1.29 is 14.3 Å². The molecule has 1 rings (SSSR count). The molecule has 0 amide bonds. The van der Waals surface area contributed by atoms with Gasteiger partial charge in [-0.3, -0.25) is 0 Å². The van der Waals surface area contributed by atoms with Gasteiger partial charge >= 0.3 is 11.2 Å². The van der Waals surface area contributed by atoms with E-state index in [2.05, 4.69) is 17.0 Å². The monoisotopic (exact) mass is 158 g/mol. The lowest BCUT2D eigenvalue weighted by Gasteiger charge is -1.86. The Hall–Kier alpha value is -0.900. The Bertz CT molecular complexity index is 207. The van der Waals surface area contributed by atoms with E-state index in [1.54, 1.807) is 6.08 Å². The van der Waals surface area contributed by atoms with Crippen LogP contribution in [0.1, 0.15) is 13.3 Å². The van der Waals surface area contributed by atoms with Crippen LogP contribution in [0.25, 0.3) is 0 Å². The maximum Gasteiger partial charge on any atom is 0.382 e. The fourth-order valence-electron chi connectivity index (χ4n) is 0.589. The van der Waals surface area contributed by atoms with Gasteiger partial charge in [-0.2, -0.15) is 0 Å². The summed E-state index contributed by atoms with van der Waals surface area (Å²) in [5, 5.41) is -0.107. The minimum Gasteiger partial charge on any atom is -0.410 e. The number of rotatable bonds is 1. The van der Waals surface area contributed by atoms with Gasteiger partial charge in [0.2, 0.25) is 5.76 Å². The lowest BCUT2D eigenvalue weighted by molar-refractivity contribution is -0.129. The van der Waals surface area contributed by atoms with E-state index >= 15 is 0 Å². The van der Waals surface area contributed by atoms with Gasteiger partial charge in [0.1, 0.15) is 0 Å². The maximum absolute atomic E-state index is 10.7. The number of ether oxygens (including phenoxy) is 2. The van der Waals surface area contributed by atoms with Crippen molar-refractivity contribution in [3.05, 3.63) is 11.8 Å². The van der Waals surface area contributed by atoms with Crippen LogP contribution >= 0.6 is 12.2 Å². The van der Waals surface area contributed by atoms with Gasteiger partial charge in [-0.05, 0) is 12.5 Å². The molecule has 0 aromatic carbocycles. The van der Waals surface area contributed by atoms with Gasteiger partial charge < -0.3 is 9.47 Å². The molecule has 0 saturated carbocycles. The van der Waals surface area contributed by atoms with Crippen molar-refractivity contribution >= 4 is 23.4 Å². The van der Waals surface area contributed by atoms with E-state index in [1.165, 1.54) is 0 Å². The maximum atomic E-state index is 10.7. The number of cyclic esters (lactones) is 1. The highest BCUT2D eigenvalue weighted by atomic mass is 32.1. The van der Waals surface area contributed by atoms with Crippen LogP contribution in [0.5, 0.6) is 0 Å². The smallest absolute Gasteiger partial charge is 0.382 e. The molecule has 54 valence electrons. The van der Waals surface area contributed by atoms with E-state index in [9.17, 15) is 4.79 Å². The van der Waals surface area contributed by atoms with Crippen molar-refractivity contribution in [2.75, 3.05) is 0 Å². The summed E-state index contributed by atoms with van der Waals surface area (Å²) < 4.78 is 9.16. The molecule has 0 unspecified atom stereocenters. The van der Waals surface area contributed by atoms with Gasteiger partial charge in [-0.1, -0.05) is 6.92 Å². The molecular formula is C6H6O3S. The average molecular weight is 158 g/mol. The third-order valence-corrected chi connectivity index (χ3v) is 1.13. The lowest BCUT2D eigenvalue weighted by atomic mass is 10.4. The molecule has 10 heavy (non-hydrogen) atoms. The molecule has 0 bridgehead atoms. The van der Waals surface area contributed by atoms with Crippen molar-refractivity contribution in [3.8, 4) is 0 Å². The molecule has 1 heterocycles. The summed E-state index contributed by atoms with van der Waals surface area (Å²) in [6, 6.07) is 0. The zero-order chi connectivity index (χ0) is 7.56. The second-order valence-electron chi connectivity index (χ2n) is 1.72. The number of hydrogen-bond donors (Lipinski definition) is 0. The topological polar surface area (TPSA) is 35.5 Å². The highest BCUT2D eigenvalue weighted by Crippen LogP contribution is 2.12. The Morgan fingerprint density at radius 2 is 2.30 bits per heavy atom. The molecule has 1 aliphatic heterocycles. The van der Waals surface area contributed by atoms with Crippen LogP contribution < -0.4 is 0 Å². The zero-order valence-electron chi connectivity index (χ0n) is 5.42. The predicted molar refractivity (Wildman–Crippen MR) is 38.1 cm³/mol. The van der Waals surface area contributed by atoms with Crippen LogP contribution in [-0.4, -0.2) is 11.2 Å². The SMILES string of the molecule is CCC=C1OC(=S)OC1=O. The summed E-state index contributed by atoms with van der Waals surface area (Å²) in [6.45, 7) is 1.89. The lowest BCUT2D eigenvalue weighted by Crippen LogP contribution is -1.95. The number of carbonyl (C=O) groups excluding carboxylic acids is 1. The second-order valence-corrected chi connectivity index (χ2v) is 2.05. The van der Waals surface area contributed by atoms with Crippen LogP contribution in [0.3, 0.4) is 0 Å². The van der Waals surface area contributed by atoms with E-state index in [0.717, 1.165) is 6.42 Å². The number of esters is 1. The summed E-state index contributed by atoms with van der Waals surface area (Å²) in [5.74, 6) is -0.292. The van der Waals surface area contributed by atoms with Crippen molar-refractivity contribution in [1.82, 2.24) is 0 Å². The molecule has 4 heteroatoms. The van der Waals surface area contributed by atoms with Crippen molar-refractivity contribution in [3.63, 3.8) is 0 Å². The molecule has 1 aliphatic rings. The molecule has 0 radical (unpaired) electrons. The largest absolute Gasteiger partial charge is 0.410 e. The van der Waals surface area contributed by atoms with Crippen LogP contribution in [-0.2, 0) is 14.3 Å². The number of hydrogen-bond acceptors (Lipinski definition) is 4. The Balaban J connectivity index is 2.72. The first-order valence-electron chi connectivity index (χ1n) is 2.88. The van der Waals surface area contributed by atoms with Gasteiger partial charge in [0.25, 0.3) is 0 Å². The molecule has 1 saturated heterocycles. The van der Waals surface area contributed by atoms with Gasteiger partial charge in [0.15, 0.2) is 0 Å². The first kappa shape index (κ1) is 7.21. The Labute approximate surface area is 63.6 Å². The third kappa shape index (κ3) is 1.33. The summed E-state index contributed by atoms with van der Waals surface area (Å²) in [6.07, 6.45) is 2.36. The number of allylic oxidation sites excluding steroid dienone is 1. The second kappa shape index (κ2) is 2.79. The highest BCUT2D eigenvalue weighted by molar-refractivity contribution is 7.79. The fraction of sp³-hybridized carbons (Fsp3) is 0.333. The standard InChI is InChI=1S/C6H6O3S/c1-2-3-4-5(7)9-6(10)8-4/h3H,2H2,1H3. The number of carbonyl (C=O) groups is 1. The van der Waals surface area contributed by atoms with E-state index in [1.807, 2.05) is 6.92 Å². The molecule has 1 fully saturated rings. The Morgan fingerprint density at radius 3 is 2.70 bits per heavy atom. The summed E-state index contributed by atoms with van der Waals surface area (Å²) >= 11 is 4.48. The minimum absolute atomic E-state index is 0.107. The molecular weight excluding hydrogens is 152 g/mol. The normalized spacial score (nSPS) is 21.1. The number of thiocarbonyl (C=S) groups is 1. The summed E-state index contributed by atoms with van der Waals surface area (Å²) in [4.78, 5) is 10.7. The average Bonchev–Trinajstić information content (AvgIpc) is 2.13.